The van der Waals surface area contributed by atoms with Crippen molar-refractivity contribution < 1.29 is 4.74 Å². The minimum Gasteiger partial charge on any atom is -0.474 e. The van der Waals surface area contributed by atoms with Crippen LogP contribution in [0.3, 0.4) is 0 Å². The first-order chi connectivity index (χ1) is 8.06. The molecule has 1 saturated carbocycles. The number of pyridine rings is 1. The summed E-state index contributed by atoms with van der Waals surface area (Å²) < 4.78 is 7.02. The molecule has 1 aromatic rings. The fraction of sp³-hybridized carbons (Fsp3) is 0.643. The summed E-state index contributed by atoms with van der Waals surface area (Å²) in [5, 5.41) is 0. The molecular formula is C14H20BrNO. The minimum absolute atomic E-state index is 0.342. The minimum atomic E-state index is 0.342. The molecule has 1 fully saturated rings. The first-order valence-electron chi connectivity index (χ1n) is 6.36. The van der Waals surface area contributed by atoms with Crippen LogP contribution in [-0.4, -0.2) is 11.1 Å². The van der Waals surface area contributed by atoms with Gasteiger partial charge in [-0.25, -0.2) is 4.98 Å². The molecule has 3 heteroatoms. The van der Waals surface area contributed by atoms with E-state index in [1.165, 1.54) is 6.42 Å². The zero-order valence-corrected chi connectivity index (χ0v) is 12.3. The van der Waals surface area contributed by atoms with Gasteiger partial charge >= 0.3 is 0 Å². The number of hydrogen-bond acceptors (Lipinski definition) is 2. The molecule has 0 amide bonds. The van der Waals surface area contributed by atoms with Gasteiger partial charge in [0.15, 0.2) is 0 Å². The number of hydrogen-bond donors (Lipinski definition) is 0. The van der Waals surface area contributed by atoms with Crippen LogP contribution in [0.15, 0.2) is 16.6 Å². The maximum absolute atomic E-state index is 5.98. The van der Waals surface area contributed by atoms with E-state index in [9.17, 15) is 0 Å². The molecule has 0 saturated heterocycles. The van der Waals surface area contributed by atoms with Crippen LogP contribution in [0.4, 0.5) is 0 Å². The molecule has 0 bridgehead atoms. The van der Waals surface area contributed by atoms with E-state index in [1.807, 2.05) is 19.1 Å². The molecule has 1 aliphatic carbocycles. The molecule has 2 nitrogen and oxygen atoms in total. The lowest BCUT2D eigenvalue weighted by Gasteiger charge is -2.31. The van der Waals surface area contributed by atoms with Crippen LogP contribution in [0.25, 0.3) is 0 Å². The predicted molar refractivity (Wildman–Crippen MR) is 73.3 cm³/mol. The van der Waals surface area contributed by atoms with Gasteiger partial charge in [0.2, 0.25) is 5.88 Å². The van der Waals surface area contributed by atoms with E-state index in [-0.39, 0.29) is 0 Å². The van der Waals surface area contributed by atoms with Crippen molar-refractivity contribution >= 4 is 15.9 Å². The van der Waals surface area contributed by atoms with Gasteiger partial charge in [0, 0.05) is 10.5 Å². The number of rotatable bonds is 2. The molecule has 0 N–H and O–H groups in total. The second-order valence-electron chi connectivity index (χ2n) is 5.22. The van der Waals surface area contributed by atoms with Crippen LogP contribution in [0.2, 0.25) is 0 Å². The summed E-state index contributed by atoms with van der Waals surface area (Å²) in [5.41, 5.74) is 0.986. The van der Waals surface area contributed by atoms with Gasteiger partial charge in [0.1, 0.15) is 6.10 Å². The van der Waals surface area contributed by atoms with Crippen LogP contribution >= 0.6 is 15.9 Å². The molecule has 1 heterocycles. The second kappa shape index (κ2) is 5.38. The van der Waals surface area contributed by atoms with E-state index in [4.69, 9.17) is 4.74 Å². The van der Waals surface area contributed by atoms with Gasteiger partial charge in [0.25, 0.3) is 0 Å². The molecule has 0 aliphatic heterocycles. The predicted octanol–water partition coefficient (Wildman–Crippen LogP) is 4.36. The summed E-state index contributed by atoms with van der Waals surface area (Å²) in [6.07, 6.45) is 3.91. The zero-order chi connectivity index (χ0) is 12.4. The Bertz CT molecular complexity index is 394. The van der Waals surface area contributed by atoms with Crippen molar-refractivity contribution in [1.82, 2.24) is 4.98 Å². The third-order valence-corrected chi connectivity index (χ3v) is 4.67. The highest BCUT2D eigenvalue weighted by Crippen LogP contribution is 2.31. The highest BCUT2D eigenvalue weighted by Gasteiger charge is 2.25. The Morgan fingerprint density at radius 2 is 2.00 bits per heavy atom. The lowest BCUT2D eigenvalue weighted by atomic mass is 9.80. The first kappa shape index (κ1) is 12.9. The van der Waals surface area contributed by atoms with Crippen LogP contribution in [-0.2, 0) is 0 Å². The Kier molecular flexibility index (Phi) is 4.08. The third kappa shape index (κ3) is 3.21. The van der Waals surface area contributed by atoms with Crippen molar-refractivity contribution in [3.8, 4) is 5.88 Å². The van der Waals surface area contributed by atoms with Gasteiger partial charge in [-0.2, -0.15) is 0 Å². The van der Waals surface area contributed by atoms with Gasteiger partial charge in [-0.1, -0.05) is 13.8 Å². The van der Waals surface area contributed by atoms with Gasteiger partial charge in [-0.15, -0.1) is 0 Å². The van der Waals surface area contributed by atoms with E-state index in [0.29, 0.717) is 6.10 Å². The number of aryl methyl sites for hydroxylation is 1. The van der Waals surface area contributed by atoms with Crippen molar-refractivity contribution in [1.29, 1.82) is 0 Å². The van der Waals surface area contributed by atoms with E-state index < -0.39 is 0 Å². The largest absolute Gasteiger partial charge is 0.474 e. The van der Waals surface area contributed by atoms with Gasteiger partial charge in [-0.05, 0) is 60.0 Å². The average molecular weight is 298 g/mol. The molecule has 2 rings (SSSR count). The summed E-state index contributed by atoms with van der Waals surface area (Å²) in [4.78, 5) is 4.44. The molecule has 94 valence electrons. The normalized spacial score (nSPS) is 29.1. The van der Waals surface area contributed by atoms with Gasteiger partial charge in [0.05, 0.1) is 5.69 Å². The highest BCUT2D eigenvalue weighted by molar-refractivity contribution is 9.10. The van der Waals surface area contributed by atoms with Crippen molar-refractivity contribution in [2.75, 3.05) is 0 Å². The number of nitrogens with zero attached hydrogens (tertiary/aromatic N) is 1. The Balaban J connectivity index is 1.99. The Morgan fingerprint density at radius 1 is 1.24 bits per heavy atom. The molecule has 1 aliphatic rings. The fourth-order valence-corrected chi connectivity index (χ4v) is 2.58. The van der Waals surface area contributed by atoms with Crippen LogP contribution in [0.5, 0.6) is 5.88 Å². The lowest BCUT2D eigenvalue weighted by molar-refractivity contribution is 0.0963. The maximum Gasteiger partial charge on any atom is 0.213 e. The monoisotopic (exact) mass is 297 g/mol. The standard InChI is InChI=1S/C14H20BrNO/c1-9-4-5-12(8-10(9)2)17-14-7-6-13(15)11(3)16-14/h6-7,9-10,12H,4-5,8H2,1-3H3. The summed E-state index contributed by atoms with van der Waals surface area (Å²) >= 11 is 3.45. The van der Waals surface area contributed by atoms with Crippen molar-refractivity contribution in [2.45, 2.75) is 46.1 Å². The zero-order valence-electron chi connectivity index (χ0n) is 10.7. The van der Waals surface area contributed by atoms with Crippen LogP contribution in [0, 0.1) is 18.8 Å². The maximum atomic E-state index is 5.98. The van der Waals surface area contributed by atoms with Gasteiger partial charge in [-0.3, -0.25) is 0 Å². The topological polar surface area (TPSA) is 22.1 Å². The lowest BCUT2D eigenvalue weighted by Crippen LogP contribution is -2.29. The Morgan fingerprint density at radius 3 is 2.65 bits per heavy atom. The highest BCUT2D eigenvalue weighted by atomic mass is 79.9. The van der Waals surface area contributed by atoms with E-state index in [0.717, 1.165) is 40.7 Å². The van der Waals surface area contributed by atoms with E-state index in [1.54, 1.807) is 0 Å². The molecule has 3 unspecified atom stereocenters. The SMILES string of the molecule is Cc1nc(OC2CCC(C)C(C)C2)ccc1Br. The smallest absolute Gasteiger partial charge is 0.213 e. The molecular weight excluding hydrogens is 278 g/mol. The fourth-order valence-electron chi connectivity index (χ4n) is 2.36. The Labute approximate surface area is 112 Å². The number of halogens is 1. The average Bonchev–Trinajstić information content (AvgIpc) is 2.29. The van der Waals surface area contributed by atoms with Crippen LogP contribution < -0.4 is 4.74 Å². The molecule has 0 spiro atoms. The molecule has 17 heavy (non-hydrogen) atoms. The summed E-state index contributed by atoms with van der Waals surface area (Å²) in [6.45, 7) is 6.64. The van der Waals surface area contributed by atoms with E-state index >= 15 is 0 Å². The number of ether oxygens (including phenoxy) is 1. The van der Waals surface area contributed by atoms with Crippen LogP contribution in [0.1, 0.15) is 38.8 Å². The summed E-state index contributed by atoms with van der Waals surface area (Å²) in [6, 6.07) is 3.95. The van der Waals surface area contributed by atoms with Gasteiger partial charge < -0.3 is 4.74 Å². The summed E-state index contributed by atoms with van der Waals surface area (Å²) in [5.74, 6) is 2.34. The van der Waals surface area contributed by atoms with E-state index in [2.05, 4.69) is 34.8 Å². The quantitative estimate of drug-likeness (QED) is 0.809. The first-order valence-corrected chi connectivity index (χ1v) is 7.15. The molecule has 3 atom stereocenters. The molecule has 0 aromatic carbocycles. The number of aromatic nitrogens is 1. The van der Waals surface area contributed by atoms with Crippen molar-refractivity contribution in [3.63, 3.8) is 0 Å². The third-order valence-electron chi connectivity index (χ3n) is 3.83. The molecule has 0 radical (unpaired) electrons. The summed E-state index contributed by atoms with van der Waals surface area (Å²) in [7, 11) is 0. The molecule has 1 aromatic heterocycles. The van der Waals surface area contributed by atoms with Crippen molar-refractivity contribution in [3.05, 3.63) is 22.3 Å². The Hall–Kier alpha value is -0.570. The second-order valence-corrected chi connectivity index (χ2v) is 6.08. The van der Waals surface area contributed by atoms with Crippen molar-refractivity contribution in [2.24, 2.45) is 11.8 Å².